The summed E-state index contributed by atoms with van der Waals surface area (Å²) in [5, 5.41) is 3.04. The van der Waals surface area contributed by atoms with Crippen LogP contribution < -0.4 is 9.47 Å². The Hall–Kier alpha value is -1.90. The summed E-state index contributed by atoms with van der Waals surface area (Å²) in [6.45, 7) is 5.18. The normalized spacial score (nSPS) is 18.8. The molecule has 2 heterocycles. The van der Waals surface area contributed by atoms with Crippen molar-refractivity contribution in [2.45, 2.75) is 51.0 Å². The van der Waals surface area contributed by atoms with Gasteiger partial charge in [0, 0.05) is 45.8 Å². The minimum Gasteiger partial charge on any atom is -0.748 e. The Morgan fingerprint density at radius 3 is 2.48 bits per heavy atom. The number of hydrogen-bond acceptors (Lipinski definition) is 8. The van der Waals surface area contributed by atoms with Crippen molar-refractivity contribution < 1.29 is 30.5 Å². The first-order valence-electron chi connectivity index (χ1n) is 13.9. The van der Waals surface area contributed by atoms with Gasteiger partial charge in [-0.1, -0.05) is 66.2 Å². The predicted octanol–water partition coefficient (Wildman–Crippen LogP) is 7.29. The number of aromatic nitrogens is 1. The zero-order chi connectivity index (χ0) is 31.9. The molecule has 8 nitrogen and oxygen atoms in total. The molecule has 1 aliphatic carbocycles. The molecule has 2 aliphatic rings. The molecule has 0 bridgehead atoms. The summed E-state index contributed by atoms with van der Waals surface area (Å²) in [5.74, 6) is -0.772. The number of hydrogen-bond donors (Lipinski definition) is 1. The highest BCUT2D eigenvalue weighted by atomic mass is 35.5. The lowest BCUT2D eigenvalue weighted by Crippen LogP contribution is -2.36. The minimum absolute atomic E-state index is 0.0519. The lowest BCUT2D eigenvalue weighted by atomic mass is 9.75. The number of allylic oxidation sites excluding steroid dienone is 4. The number of thioether (sulfide) groups is 1. The summed E-state index contributed by atoms with van der Waals surface area (Å²) in [6, 6.07) is 11.3. The van der Waals surface area contributed by atoms with Gasteiger partial charge in [-0.25, -0.2) is 8.42 Å². The number of nitrogens with zero attached hydrogens (tertiary/aromatic N) is 2. The van der Waals surface area contributed by atoms with Gasteiger partial charge in [0.1, 0.15) is 4.70 Å². The van der Waals surface area contributed by atoms with Crippen molar-refractivity contribution >= 4 is 88.5 Å². The number of thiazole rings is 1. The van der Waals surface area contributed by atoms with E-state index in [0.717, 1.165) is 54.8 Å². The van der Waals surface area contributed by atoms with Gasteiger partial charge in [-0.15, -0.1) is 0 Å². The minimum atomic E-state index is -4.33. The molecule has 0 unspecified atom stereocenters. The fraction of sp³-hybridized carbons (Fsp3) is 0.367. The summed E-state index contributed by atoms with van der Waals surface area (Å²) in [4.78, 5) is 3.07. The Morgan fingerprint density at radius 1 is 1.02 bits per heavy atom. The molecular weight excluding hydrogens is 684 g/mol. The Morgan fingerprint density at radius 2 is 1.75 bits per heavy atom. The molecule has 1 aromatic heterocycles. The van der Waals surface area contributed by atoms with Crippen molar-refractivity contribution in [1.82, 2.24) is 0 Å². The fourth-order valence-corrected chi connectivity index (χ4v) is 9.24. The third-order valence-corrected chi connectivity index (χ3v) is 11.6. The second-order valence-electron chi connectivity index (χ2n) is 11.8. The smallest absolute Gasteiger partial charge is 0.264 e. The van der Waals surface area contributed by atoms with Gasteiger partial charge in [-0.2, -0.15) is 13.0 Å². The topological polar surface area (TPSA) is 119 Å². The number of rotatable bonds is 10. The first kappa shape index (κ1) is 33.5. The average molecular weight is 716 g/mol. The Kier molecular flexibility index (Phi) is 9.94. The standard InChI is InChI=1S/C30H32Cl2N2O6S4/c1-30(2)18-20(14-28-33(9-3-11-43(35,36)37)24-16-22(31)5-7-26(24)41-28)13-21(19-30)15-29-34(10-4-12-44(38,39)40)25-17-23(32)6-8-27(25)42-29/h5-8,13-17H,3-4,9-12,18-19H2,1-2H3,(H-,35,36,37,38,39,40). The highest BCUT2D eigenvalue weighted by Gasteiger charge is 2.30. The van der Waals surface area contributed by atoms with Crippen LogP contribution in [0.4, 0.5) is 5.69 Å². The molecule has 0 radical (unpaired) electrons. The molecule has 0 atom stereocenters. The third-order valence-electron chi connectivity index (χ3n) is 7.30. The fourth-order valence-electron chi connectivity index (χ4n) is 5.64. The zero-order valence-electron chi connectivity index (χ0n) is 24.1. The molecule has 1 aliphatic heterocycles. The van der Waals surface area contributed by atoms with E-state index in [9.17, 15) is 25.9 Å². The lowest BCUT2D eigenvalue weighted by Gasteiger charge is -2.31. The first-order chi connectivity index (χ1) is 20.6. The van der Waals surface area contributed by atoms with Crippen LogP contribution in [-0.2, 0) is 26.8 Å². The van der Waals surface area contributed by atoms with Gasteiger partial charge in [0.25, 0.3) is 15.1 Å². The van der Waals surface area contributed by atoms with Crippen LogP contribution in [0.2, 0.25) is 10.0 Å². The quantitative estimate of drug-likeness (QED) is 0.172. The first-order valence-corrected chi connectivity index (χ1v) is 19.5. The zero-order valence-corrected chi connectivity index (χ0v) is 28.9. The Bertz CT molecular complexity index is 1910. The third kappa shape index (κ3) is 8.67. The van der Waals surface area contributed by atoms with Crippen LogP contribution in [0.3, 0.4) is 0 Å². The van der Waals surface area contributed by atoms with E-state index in [4.69, 9.17) is 23.2 Å². The van der Waals surface area contributed by atoms with Crippen molar-refractivity contribution in [1.29, 1.82) is 0 Å². The van der Waals surface area contributed by atoms with Crippen LogP contribution in [0.25, 0.3) is 16.3 Å². The van der Waals surface area contributed by atoms with Crippen LogP contribution in [-0.4, -0.2) is 44.0 Å². The molecule has 5 rings (SSSR count). The van der Waals surface area contributed by atoms with E-state index < -0.39 is 26.0 Å². The number of aryl methyl sites for hydroxylation is 1. The molecule has 1 N–H and O–H groups in total. The number of benzene rings is 2. The van der Waals surface area contributed by atoms with Crippen molar-refractivity contribution in [2.75, 3.05) is 23.0 Å². The second-order valence-corrected chi connectivity index (χ2v) is 17.9. The van der Waals surface area contributed by atoms with Crippen molar-refractivity contribution in [2.24, 2.45) is 5.41 Å². The van der Waals surface area contributed by atoms with Gasteiger partial charge in [0.15, 0.2) is 6.54 Å². The maximum atomic E-state index is 11.4. The molecule has 0 saturated carbocycles. The molecule has 0 fully saturated rings. The van der Waals surface area contributed by atoms with Gasteiger partial charge < -0.3 is 9.45 Å². The molecule has 3 aromatic rings. The predicted molar refractivity (Wildman–Crippen MR) is 179 cm³/mol. The van der Waals surface area contributed by atoms with E-state index >= 15 is 0 Å². The van der Waals surface area contributed by atoms with Crippen LogP contribution in [0, 0.1) is 5.41 Å². The van der Waals surface area contributed by atoms with E-state index in [1.807, 2.05) is 41.0 Å². The Labute approximate surface area is 276 Å². The highest BCUT2D eigenvalue weighted by Crippen LogP contribution is 2.49. The van der Waals surface area contributed by atoms with Crippen molar-refractivity contribution in [3.63, 3.8) is 0 Å². The molecular formula is C30H32Cl2N2O6S4. The molecule has 2 aromatic carbocycles. The summed E-state index contributed by atoms with van der Waals surface area (Å²) < 4.78 is 69.0. The summed E-state index contributed by atoms with van der Waals surface area (Å²) in [7, 11) is -8.41. The van der Waals surface area contributed by atoms with Crippen LogP contribution in [0.5, 0.6) is 0 Å². The highest BCUT2D eigenvalue weighted by molar-refractivity contribution is 8.03. The number of anilines is 1. The second kappa shape index (κ2) is 13.1. The maximum Gasteiger partial charge on any atom is 0.264 e. The monoisotopic (exact) mass is 714 g/mol. The maximum absolute atomic E-state index is 11.4. The van der Waals surface area contributed by atoms with Crippen LogP contribution in [0.15, 0.2) is 69.6 Å². The number of halogens is 2. The van der Waals surface area contributed by atoms with E-state index in [0.29, 0.717) is 23.1 Å². The molecule has 0 spiro atoms. The largest absolute Gasteiger partial charge is 0.748 e. The molecule has 14 heteroatoms. The SMILES string of the molecule is CC1(C)CC(/C=C2/Sc3ccc(Cl)cc3N2CCCS(=O)(=O)O)=CC(=C/c2sc3ccc(Cl)cc3[n+]2CCCS(=O)(=O)[O-])/C1. The van der Waals surface area contributed by atoms with Gasteiger partial charge in [0.05, 0.1) is 26.6 Å². The van der Waals surface area contributed by atoms with Crippen LogP contribution in [0.1, 0.15) is 44.5 Å². The Balaban J connectivity index is 1.51. The molecule has 0 amide bonds. The molecule has 44 heavy (non-hydrogen) atoms. The average Bonchev–Trinajstić information content (AvgIpc) is 3.38. The lowest BCUT2D eigenvalue weighted by molar-refractivity contribution is -0.668. The van der Waals surface area contributed by atoms with E-state index in [1.54, 1.807) is 23.1 Å². The van der Waals surface area contributed by atoms with E-state index in [-0.39, 0.29) is 24.0 Å². The van der Waals surface area contributed by atoms with E-state index in [2.05, 4.69) is 37.0 Å². The summed E-state index contributed by atoms with van der Waals surface area (Å²) in [6.07, 6.45) is 8.54. The summed E-state index contributed by atoms with van der Waals surface area (Å²) in [5.41, 5.74) is 3.96. The summed E-state index contributed by atoms with van der Waals surface area (Å²) >= 11 is 15.8. The molecule has 0 saturated heterocycles. The van der Waals surface area contributed by atoms with Crippen molar-refractivity contribution in [3.05, 3.63) is 79.8 Å². The number of fused-ring (bicyclic) bond motifs is 2. The van der Waals surface area contributed by atoms with Crippen LogP contribution >= 0.6 is 46.3 Å². The molecule has 236 valence electrons. The van der Waals surface area contributed by atoms with Gasteiger partial charge in [0.2, 0.25) is 5.52 Å². The van der Waals surface area contributed by atoms with Gasteiger partial charge in [-0.05, 0) is 72.2 Å². The van der Waals surface area contributed by atoms with E-state index in [1.165, 1.54) is 0 Å². The van der Waals surface area contributed by atoms with Gasteiger partial charge >= 0.3 is 0 Å². The van der Waals surface area contributed by atoms with Gasteiger partial charge in [-0.3, -0.25) is 4.55 Å². The van der Waals surface area contributed by atoms with Crippen molar-refractivity contribution in [3.8, 4) is 0 Å².